The molecule has 0 radical (unpaired) electrons. The minimum absolute atomic E-state index is 0.669. The lowest BCUT2D eigenvalue weighted by molar-refractivity contribution is -0.137. The van der Waals surface area contributed by atoms with Gasteiger partial charge in [0.1, 0.15) is 23.2 Å². The smallest absolute Gasteiger partial charge is 0.348 e. The second-order valence-electron chi connectivity index (χ2n) is 6.51. The van der Waals surface area contributed by atoms with Gasteiger partial charge in [0.05, 0.1) is 0 Å². The largest absolute Gasteiger partial charge is 0.478 e. The van der Waals surface area contributed by atoms with Crippen LogP contribution in [0, 0.1) is 0 Å². The molecule has 0 spiro atoms. The quantitative estimate of drug-likeness (QED) is 0.716. The summed E-state index contributed by atoms with van der Waals surface area (Å²) in [5.41, 5.74) is 0. The van der Waals surface area contributed by atoms with Crippen LogP contribution in [0.2, 0.25) is 0 Å². The van der Waals surface area contributed by atoms with E-state index in [1.165, 1.54) is 0 Å². The number of carbonyl (C=O) groups is 1. The zero-order valence-electron chi connectivity index (χ0n) is 13.9. The molecule has 124 valence electrons. The van der Waals surface area contributed by atoms with Crippen LogP contribution in [-0.2, 0) is 4.79 Å². The van der Waals surface area contributed by atoms with E-state index in [9.17, 15) is 9.90 Å². The van der Waals surface area contributed by atoms with Crippen LogP contribution >= 0.6 is 7.26 Å². The normalized spacial score (nSPS) is 15.5. The molecule has 0 heterocycles. The molecule has 3 aromatic rings. The van der Waals surface area contributed by atoms with Crippen LogP contribution in [0.25, 0.3) is 0 Å². The second-order valence-corrected chi connectivity index (χ2v) is 10.3. The van der Waals surface area contributed by atoms with Crippen molar-refractivity contribution in [2.45, 2.75) is 18.0 Å². The maximum Gasteiger partial charge on any atom is 0.348 e. The van der Waals surface area contributed by atoms with Gasteiger partial charge in [0.25, 0.3) is 0 Å². The number of carboxylic acids is 1. The van der Waals surface area contributed by atoms with Crippen molar-refractivity contribution in [2.24, 2.45) is 0 Å². The molecule has 2 nitrogen and oxygen atoms in total. The number of hydrogen-bond donors (Lipinski definition) is 1. The van der Waals surface area contributed by atoms with E-state index in [1.807, 2.05) is 54.6 Å². The molecular weight excluding hydrogens is 327 g/mol. The monoisotopic (exact) mass is 347 g/mol. The van der Waals surface area contributed by atoms with Gasteiger partial charge in [0.15, 0.2) is 5.16 Å². The van der Waals surface area contributed by atoms with Crippen LogP contribution in [0.5, 0.6) is 0 Å². The molecule has 0 aromatic heterocycles. The van der Waals surface area contributed by atoms with Crippen LogP contribution in [0.4, 0.5) is 0 Å². The Balaban J connectivity index is 2.12. The van der Waals surface area contributed by atoms with E-state index in [1.54, 1.807) is 0 Å². The Morgan fingerprint density at radius 2 is 1.00 bits per heavy atom. The molecular formula is C22H20O2P+. The first-order valence-corrected chi connectivity index (χ1v) is 10.3. The molecule has 1 aliphatic carbocycles. The summed E-state index contributed by atoms with van der Waals surface area (Å²) < 4.78 is 0. The number of benzene rings is 3. The van der Waals surface area contributed by atoms with Crippen molar-refractivity contribution in [3.05, 3.63) is 91.0 Å². The van der Waals surface area contributed by atoms with Crippen molar-refractivity contribution in [3.8, 4) is 0 Å². The summed E-state index contributed by atoms with van der Waals surface area (Å²) in [5, 5.41) is 13.0. The lowest BCUT2D eigenvalue weighted by atomic mass is 10.3. The Kier molecular flexibility index (Phi) is 3.94. The highest BCUT2D eigenvalue weighted by Gasteiger charge is 2.74. The van der Waals surface area contributed by atoms with Gasteiger partial charge in [-0.2, -0.15) is 0 Å². The molecule has 3 aromatic carbocycles. The van der Waals surface area contributed by atoms with Crippen molar-refractivity contribution >= 4 is 29.1 Å². The summed E-state index contributed by atoms with van der Waals surface area (Å²) in [6, 6.07) is 30.8. The summed E-state index contributed by atoms with van der Waals surface area (Å²) in [4.78, 5) is 12.5. The topological polar surface area (TPSA) is 37.3 Å². The highest BCUT2D eigenvalue weighted by Crippen LogP contribution is 2.75. The molecule has 1 aliphatic rings. The Morgan fingerprint density at radius 1 is 0.680 bits per heavy atom. The lowest BCUT2D eigenvalue weighted by Gasteiger charge is -2.32. The maximum atomic E-state index is 12.5. The third kappa shape index (κ3) is 2.33. The van der Waals surface area contributed by atoms with Crippen molar-refractivity contribution < 1.29 is 9.90 Å². The van der Waals surface area contributed by atoms with Crippen molar-refractivity contribution in [1.29, 1.82) is 0 Å². The average Bonchev–Trinajstić information content (AvgIpc) is 3.48. The second kappa shape index (κ2) is 6.13. The van der Waals surface area contributed by atoms with Gasteiger partial charge in [-0.25, -0.2) is 4.79 Å². The first kappa shape index (κ1) is 16.1. The van der Waals surface area contributed by atoms with Crippen LogP contribution < -0.4 is 15.9 Å². The number of carboxylic acid groups (broad SMARTS) is 1. The van der Waals surface area contributed by atoms with E-state index >= 15 is 0 Å². The first-order chi connectivity index (χ1) is 12.2. The fourth-order valence-electron chi connectivity index (χ4n) is 3.95. The Labute approximate surface area is 148 Å². The minimum atomic E-state index is -2.30. The number of hydrogen-bond acceptors (Lipinski definition) is 1. The highest BCUT2D eigenvalue weighted by atomic mass is 31.2. The van der Waals surface area contributed by atoms with Gasteiger partial charge in [-0.3, -0.25) is 0 Å². The van der Waals surface area contributed by atoms with Crippen LogP contribution in [0.3, 0.4) is 0 Å². The predicted octanol–water partition coefficient (Wildman–Crippen LogP) is 3.60. The molecule has 25 heavy (non-hydrogen) atoms. The third-order valence-electron chi connectivity index (χ3n) is 5.19. The first-order valence-electron chi connectivity index (χ1n) is 8.51. The molecule has 0 bridgehead atoms. The van der Waals surface area contributed by atoms with Crippen LogP contribution in [-0.4, -0.2) is 16.2 Å². The fraction of sp³-hybridized carbons (Fsp3) is 0.136. The SMILES string of the molecule is O=C(O)C1([P+](c2ccccc2)(c2ccccc2)c2ccccc2)CC1. The molecule has 0 amide bonds. The van der Waals surface area contributed by atoms with Crippen molar-refractivity contribution in [3.63, 3.8) is 0 Å². The van der Waals surface area contributed by atoms with Crippen molar-refractivity contribution in [1.82, 2.24) is 0 Å². The molecule has 0 aliphatic heterocycles. The van der Waals surface area contributed by atoms with E-state index in [4.69, 9.17) is 0 Å². The maximum absolute atomic E-state index is 12.5. The molecule has 0 unspecified atom stereocenters. The van der Waals surface area contributed by atoms with Crippen LogP contribution in [0.1, 0.15) is 12.8 Å². The molecule has 4 rings (SSSR count). The molecule has 1 fully saturated rings. The lowest BCUT2D eigenvalue weighted by Crippen LogP contribution is -2.44. The summed E-state index contributed by atoms with van der Waals surface area (Å²) in [7, 11) is -2.30. The van der Waals surface area contributed by atoms with Gasteiger partial charge in [-0.15, -0.1) is 0 Å². The zero-order valence-corrected chi connectivity index (χ0v) is 14.8. The zero-order chi connectivity index (χ0) is 17.3. The third-order valence-corrected chi connectivity index (χ3v) is 10.3. The molecule has 0 saturated heterocycles. The van der Waals surface area contributed by atoms with Gasteiger partial charge in [0, 0.05) is 12.8 Å². The number of aliphatic carboxylic acids is 1. The van der Waals surface area contributed by atoms with Gasteiger partial charge < -0.3 is 5.11 Å². The van der Waals surface area contributed by atoms with E-state index in [0.717, 1.165) is 28.8 Å². The average molecular weight is 347 g/mol. The standard InChI is InChI=1S/C22H19O2P/c23-21(24)22(16-17-22)25(18-10-4-1-5-11-18,19-12-6-2-7-13-19)20-14-8-3-9-15-20/h1-15H,16-17H2/p+1. The van der Waals surface area contributed by atoms with E-state index < -0.39 is 18.4 Å². The van der Waals surface area contributed by atoms with Crippen LogP contribution in [0.15, 0.2) is 91.0 Å². The van der Waals surface area contributed by atoms with Gasteiger partial charge in [-0.05, 0) is 36.4 Å². The van der Waals surface area contributed by atoms with E-state index in [-0.39, 0.29) is 0 Å². The Bertz CT molecular complexity index is 775. The summed E-state index contributed by atoms with van der Waals surface area (Å²) >= 11 is 0. The van der Waals surface area contributed by atoms with Gasteiger partial charge in [0.2, 0.25) is 0 Å². The molecule has 3 heteroatoms. The Hall–Kier alpha value is -2.44. The predicted molar refractivity (Wildman–Crippen MR) is 105 cm³/mol. The summed E-state index contributed by atoms with van der Waals surface area (Å²) in [6.07, 6.45) is 1.46. The summed E-state index contributed by atoms with van der Waals surface area (Å²) in [6.45, 7) is 0. The highest BCUT2D eigenvalue weighted by molar-refractivity contribution is 7.97. The number of rotatable bonds is 5. The van der Waals surface area contributed by atoms with Gasteiger partial charge in [-0.1, -0.05) is 54.6 Å². The van der Waals surface area contributed by atoms with Gasteiger partial charge >= 0.3 is 5.97 Å². The summed E-state index contributed by atoms with van der Waals surface area (Å²) in [5.74, 6) is -0.669. The minimum Gasteiger partial charge on any atom is -0.478 e. The van der Waals surface area contributed by atoms with E-state index in [0.29, 0.717) is 0 Å². The van der Waals surface area contributed by atoms with Crippen molar-refractivity contribution in [2.75, 3.05) is 0 Å². The van der Waals surface area contributed by atoms with E-state index in [2.05, 4.69) is 36.4 Å². The molecule has 0 atom stereocenters. The molecule has 1 saturated carbocycles. The Morgan fingerprint density at radius 3 is 1.24 bits per heavy atom. The molecule has 1 N–H and O–H groups in total. The fourth-order valence-corrected chi connectivity index (χ4v) is 9.26.